The first-order valence-electron chi connectivity index (χ1n) is 9.64. The molecule has 2 fully saturated rings. The molecule has 1 aromatic heterocycles. The van der Waals surface area contributed by atoms with Gasteiger partial charge in [-0.25, -0.2) is 9.78 Å². The molecule has 8 nitrogen and oxygen atoms in total. The molecular weight excluding hydrogens is 417 g/mol. The Morgan fingerprint density at radius 2 is 1.79 bits per heavy atom. The number of halogens is 2. The number of methoxy groups -OCH3 is 1. The van der Waals surface area contributed by atoms with Crippen LogP contribution in [0, 0.1) is 5.92 Å². The Kier molecular flexibility index (Phi) is 10.5. The Bertz CT molecular complexity index is 646. The first kappa shape index (κ1) is 25.3. The highest BCUT2D eigenvalue weighted by atomic mass is 35.5. The van der Waals surface area contributed by atoms with E-state index in [2.05, 4.69) is 15.2 Å². The molecule has 2 aliphatic rings. The van der Waals surface area contributed by atoms with Gasteiger partial charge in [0, 0.05) is 45.0 Å². The average Bonchev–Trinajstić information content (AvgIpc) is 2.74. The van der Waals surface area contributed by atoms with Crippen molar-refractivity contribution in [3.8, 4) is 0 Å². The quantitative estimate of drug-likeness (QED) is 0.683. The summed E-state index contributed by atoms with van der Waals surface area (Å²) in [5, 5.41) is 3.12. The predicted octanol–water partition coefficient (Wildman–Crippen LogP) is 1.95. The summed E-state index contributed by atoms with van der Waals surface area (Å²) in [4.78, 5) is 32.6. The highest BCUT2D eigenvalue weighted by molar-refractivity contribution is 5.85. The van der Waals surface area contributed by atoms with Gasteiger partial charge in [-0.15, -0.1) is 24.8 Å². The highest BCUT2D eigenvalue weighted by Crippen LogP contribution is 2.25. The van der Waals surface area contributed by atoms with E-state index in [1.165, 1.54) is 7.11 Å². The van der Waals surface area contributed by atoms with Gasteiger partial charge in [-0.2, -0.15) is 0 Å². The number of hydrogen-bond acceptors (Lipinski definition) is 6. The van der Waals surface area contributed by atoms with Crippen LogP contribution in [0.2, 0.25) is 0 Å². The third kappa shape index (κ3) is 6.62. The zero-order chi connectivity index (χ0) is 19.2. The predicted molar refractivity (Wildman–Crippen MR) is 117 cm³/mol. The number of nitrogens with two attached hydrogens (primary N) is 1. The van der Waals surface area contributed by atoms with Gasteiger partial charge >= 0.3 is 12.0 Å². The molecule has 0 bridgehead atoms. The number of carbonyl (C=O) groups excluding carboxylic acids is 2. The summed E-state index contributed by atoms with van der Waals surface area (Å²) in [5.74, 6) is 0.766. The van der Waals surface area contributed by atoms with Crippen molar-refractivity contribution in [1.29, 1.82) is 0 Å². The van der Waals surface area contributed by atoms with Gasteiger partial charge in [0.05, 0.1) is 13.0 Å². The largest absolute Gasteiger partial charge is 0.469 e. The fourth-order valence-electron chi connectivity index (χ4n) is 3.77. The van der Waals surface area contributed by atoms with Crippen molar-refractivity contribution in [3.05, 3.63) is 23.9 Å². The first-order chi connectivity index (χ1) is 13.1. The van der Waals surface area contributed by atoms with Gasteiger partial charge in [0.25, 0.3) is 0 Å². The van der Waals surface area contributed by atoms with Crippen LogP contribution in [0.3, 0.4) is 0 Å². The Morgan fingerprint density at radius 1 is 1.14 bits per heavy atom. The molecule has 3 rings (SSSR count). The van der Waals surface area contributed by atoms with Gasteiger partial charge in [-0.1, -0.05) is 6.07 Å². The maximum atomic E-state index is 12.5. The van der Waals surface area contributed by atoms with E-state index in [4.69, 9.17) is 10.5 Å². The summed E-state index contributed by atoms with van der Waals surface area (Å²) >= 11 is 0. The van der Waals surface area contributed by atoms with E-state index in [1.54, 1.807) is 6.20 Å². The fourth-order valence-corrected chi connectivity index (χ4v) is 3.77. The van der Waals surface area contributed by atoms with Crippen molar-refractivity contribution < 1.29 is 14.3 Å². The van der Waals surface area contributed by atoms with Crippen LogP contribution in [0.25, 0.3) is 0 Å². The van der Waals surface area contributed by atoms with Gasteiger partial charge < -0.3 is 25.6 Å². The number of aromatic nitrogens is 1. The van der Waals surface area contributed by atoms with Crippen LogP contribution in [-0.4, -0.2) is 61.2 Å². The maximum absolute atomic E-state index is 12.5. The summed E-state index contributed by atoms with van der Waals surface area (Å²) < 4.78 is 4.81. The number of nitrogens with one attached hydrogen (secondary N) is 1. The average molecular weight is 448 g/mol. The lowest BCUT2D eigenvalue weighted by molar-refractivity contribution is -0.146. The second-order valence-electron chi connectivity index (χ2n) is 7.22. The molecule has 10 heteroatoms. The molecule has 164 valence electrons. The molecule has 3 N–H and O–H groups in total. The lowest BCUT2D eigenvalue weighted by Gasteiger charge is -2.37. The van der Waals surface area contributed by atoms with Gasteiger partial charge in [0.15, 0.2) is 0 Å². The van der Waals surface area contributed by atoms with E-state index in [-0.39, 0.29) is 48.8 Å². The normalized spacial score (nSPS) is 21.4. The van der Waals surface area contributed by atoms with Gasteiger partial charge in [-0.3, -0.25) is 4.79 Å². The summed E-state index contributed by atoms with van der Waals surface area (Å²) in [7, 11) is 1.43. The van der Waals surface area contributed by atoms with Crippen molar-refractivity contribution in [2.24, 2.45) is 11.7 Å². The van der Waals surface area contributed by atoms with Crippen molar-refractivity contribution in [2.75, 3.05) is 38.2 Å². The number of urea groups is 1. The van der Waals surface area contributed by atoms with Crippen molar-refractivity contribution in [3.63, 3.8) is 0 Å². The lowest BCUT2D eigenvalue weighted by Crippen LogP contribution is -2.54. The summed E-state index contributed by atoms with van der Waals surface area (Å²) in [6.45, 7) is 3.35. The summed E-state index contributed by atoms with van der Waals surface area (Å²) in [5.41, 5.74) is 6.62. The minimum atomic E-state index is -0.135. The number of piperazine rings is 1. The molecule has 1 saturated carbocycles. The second kappa shape index (κ2) is 12.0. The Balaban J connectivity index is 0.00000210. The van der Waals surface area contributed by atoms with Crippen molar-refractivity contribution in [1.82, 2.24) is 15.2 Å². The van der Waals surface area contributed by atoms with Gasteiger partial charge in [0.1, 0.15) is 5.82 Å². The number of esters is 1. The van der Waals surface area contributed by atoms with Gasteiger partial charge in [0.2, 0.25) is 0 Å². The van der Waals surface area contributed by atoms with Crippen LogP contribution in [0.4, 0.5) is 10.6 Å². The monoisotopic (exact) mass is 447 g/mol. The molecule has 1 aliphatic heterocycles. The lowest BCUT2D eigenvalue weighted by atomic mass is 9.86. The molecule has 0 spiro atoms. The number of hydrogen-bond donors (Lipinski definition) is 2. The molecule has 2 heterocycles. The standard InChI is InChI=1S/C19H29N5O3.2ClH/c1-27-18(25)15-3-5-16(6-4-15)22-19(26)24-10-8-23(9-11-24)17-7-2-14(12-20)13-21-17;;/h2,7,13,15-16H,3-6,8-12,20H2,1H3,(H,22,26);2*1H/t15-,16-;;. The van der Waals surface area contributed by atoms with Crippen LogP contribution in [0.15, 0.2) is 18.3 Å². The zero-order valence-corrected chi connectivity index (χ0v) is 18.3. The van der Waals surface area contributed by atoms with E-state index >= 15 is 0 Å². The molecule has 1 aromatic rings. The molecule has 0 atom stereocenters. The van der Waals surface area contributed by atoms with Crippen LogP contribution in [-0.2, 0) is 16.1 Å². The number of anilines is 1. The smallest absolute Gasteiger partial charge is 0.317 e. The molecule has 1 aliphatic carbocycles. The maximum Gasteiger partial charge on any atom is 0.317 e. The summed E-state index contributed by atoms with van der Waals surface area (Å²) in [6, 6.07) is 4.11. The van der Waals surface area contributed by atoms with Crippen LogP contribution in [0.1, 0.15) is 31.2 Å². The molecule has 1 saturated heterocycles. The number of pyridine rings is 1. The SMILES string of the molecule is COC(=O)[C@H]1CC[C@H](NC(=O)N2CCN(c3ccc(CN)cn3)CC2)CC1.Cl.Cl. The topological polar surface area (TPSA) is 101 Å². The van der Waals surface area contributed by atoms with E-state index in [1.807, 2.05) is 17.0 Å². The van der Waals surface area contributed by atoms with Crippen LogP contribution >= 0.6 is 24.8 Å². The second-order valence-corrected chi connectivity index (χ2v) is 7.22. The fraction of sp³-hybridized carbons (Fsp3) is 0.632. The Hall–Kier alpha value is -1.77. The molecule has 0 unspecified atom stereocenters. The minimum Gasteiger partial charge on any atom is -0.469 e. The van der Waals surface area contributed by atoms with Gasteiger partial charge in [-0.05, 0) is 37.3 Å². The minimum absolute atomic E-state index is 0. The van der Waals surface area contributed by atoms with E-state index in [9.17, 15) is 9.59 Å². The van der Waals surface area contributed by atoms with E-state index < -0.39 is 0 Å². The molecular formula is C19H31Cl2N5O3. The third-order valence-electron chi connectivity index (χ3n) is 5.53. The summed E-state index contributed by atoms with van der Waals surface area (Å²) in [6.07, 6.45) is 5.00. The number of amides is 2. The number of rotatable bonds is 4. The molecule has 2 amide bonds. The van der Waals surface area contributed by atoms with E-state index in [0.717, 1.165) is 50.2 Å². The first-order valence-corrected chi connectivity index (χ1v) is 9.64. The molecule has 0 radical (unpaired) electrons. The molecule has 0 aromatic carbocycles. The third-order valence-corrected chi connectivity index (χ3v) is 5.53. The van der Waals surface area contributed by atoms with Crippen LogP contribution in [0.5, 0.6) is 0 Å². The van der Waals surface area contributed by atoms with Crippen molar-refractivity contribution >= 4 is 42.6 Å². The number of nitrogens with zero attached hydrogens (tertiary/aromatic N) is 3. The Morgan fingerprint density at radius 3 is 2.31 bits per heavy atom. The highest BCUT2D eigenvalue weighted by Gasteiger charge is 2.29. The number of ether oxygens (including phenoxy) is 1. The Labute approximate surface area is 184 Å². The zero-order valence-electron chi connectivity index (χ0n) is 16.7. The number of carbonyl (C=O) groups is 2. The van der Waals surface area contributed by atoms with Crippen LogP contribution < -0.4 is 16.0 Å². The van der Waals surface area contributed by atoms with E-state index in [0.29, 0.717) is 19.6 Å². The molecule has 29 heavy (non-hydrogen) atoms. The van der Waals surface area contributed by atoms with Crippen molar-refractivity contribution in [2.45, 2.75) is 38.3 Å².